The van der Waals surface area contributed by atoms with Gasteiger partial charge in [-0.3, -0.25) is 0 Å². The minimum atomic E-state index is 0.637. The highest BCUT2D eigenvalue weighted by molar-refractivity contribution is 5.50. The van der Waals surface area contributed by atoms with E-state index in [4.69, 9.17) is 0 Å². The van der Waals surface area contributed by atoms with Crippen LogP contribution < -0.4 is 15.5 Å². The fourth-order valence-corrected chi connectivity index (χ4v) is 2.30. The van der Waals surface area contributed by atoms with E-state index in [0.717, 1.165) is 43.6 Å². The number of anilines is 2. The molecule has 0 atom stereocenters. The van der Waals surface area contributed by atoms with Crippen LogP contribution in [0.5, 0.6) is 0 Å². The fourth-order valence-electron chi connectivity index (χ4n) is 2.30. The molecule has 0 unspecified atom stereocenters. The topological polar surface area (TPSA) is 53.1 Å². The lowest BCUT2D eigenvalue weighted by Crippen LogP contribution is -2.29. The van der Waals surface area contributed by atoms with E-state index in [1.165, 1.54) is 19.3 Å². The Bertz CT molecular complexity index is 408. The Morgan fingerprint density at radius 1 is 1.28 bits per heavy atom. The average molecular weight is 247 g/mol. The Morgan fingerprint density at radius 2 is 2.17 bits per heavy atom. The zero-order valence-electron chi connectivity index (χ0n) is 10.9. The van der Waals surface area contributed by atoms with Crippen molar-refractivity contribution >= 4 is 11.6 Å². The van der Waals surface area contributed by atoms with E-state index in [1.54, 1.807) is 0 Å². The first-order valence-electron chi connectivity index (χ1n) is 6.89. The highest BCUT2D eigenvalue weighted by Gasteiger charge is 2.22. The van der Waals surface area contributed by atoms with Gasteiger partial charge in [-0.25, -0.2) is 9.97 Å². The van der Waals surface area contributed by atoms with Gasteiger partial charge in [0.25, 0.3) is 0 Å². The lowest BCUT2D eigenvalue weighted by Gasteiger charge is -2.22. The molecule has 98 valence electrons. The van der Waals surface area contributed by atoms with Gasteiger partial charge in [0.15, 0.2) is 0 Å². The fraction of sp³-hybridized carbons (Fsp3) is 0.692. The summed E-state index contributed by atoms with van der Waals surface area (Å²) in [6.07, 6.45) is 3.71. The molecule has 1 saturated carbocycles. The van der Waals surface area contributed by atoms with E-state index in [-0.39, 0.29) is 0 Å². The molecule has 3 rings (SSSR count). The molecule has 5 nitrogen and oxygen atoms in total. The second-order valence-corrected chi connectivity index (χ2v) is 5.17. The third-order valence-corrected chi connectivity index (χ3v) is 3.42. The molecule has 1 aromatic rings. The third kappa shape index (κ3) is 2.90. The predicted molar refractivity (Wildman–Crippen MR) is 73.1 cm³/mol. The van der Waals surface area contributed by atoms with Crippen LogP contribution in [0.1, 0.15) is 25.1 Å². The van der Waals surface area contributed by atoms with Gasteiger partial charge in [-0.15, -0.1) is 0 Å². The van der Waals surface area contributed by atoms with Gasteiger partial charge in [-0.1, -0.05) is 0 Å². The molecule has 1 saturated heterocycles. The van der Waals surface area contributed by atoms with Crippen molar-refractivity contribution in [3.8, 4) is 0 Å². The largest absolute Gasteiger partial charge is 0.367 e. The van der Waals surface area contributed by atoms with Crippen LogP contribution in [0.25, 0.3) is 0 Å². The summed E-state index contributed by atoms with van der Waals surface area (Å²) in [5, 5.41) is 6.88. The van der Waals surface area contributed by atoms with Crippen molar-refractivity contribution in [2.75, 3.05) is 36.4 Å². The molecule has 0 bridgehead atoms. The highest BCUT2D eigenvalue weighted by atomic mass is 15.2. The van der Waals surface area contributed by atoms with Gasteiger partial charge in [-0.2, -0.15) is 0 Å². The van der Waals surface area contributed by atoms with E-state index < -0.39 is 0 Å². The Hall–Kier alpha value is -1.36. The zero-order chi connectivity index (χ0) is 12.4. The van der Waals surface area contributed by atoms with E-state index in [2.05, 4.69) is 31.6 Å². The molecule has 0 aromatic carbocycles. The number of rotatable bonds is 3. The number of hydrogen-bond acceptors (Lipinski definition) is 5. The minimum Gasteiger partial charge on any atom is -0.367 e. The minimum absolute atomic E-state index is 0.637. The molecule has 1 aliphatic heterocycles. The summed E-state index contributed by atoms with van der Waals surface area (Å²) in [4.78, 5) is 11.4. The summed E-state index contributed by atoms with van der Waals surface area (Å²) in [6.45, 7) is 6.21. The maximum atomic E-state index is 4.57. The molecule has 18 heavy (non-hydrogen) atoms. The van der Waals surface area contributed by atoms with Crippen molar-refractivity contribution in [2.45, 2.75) is 32.2 Å². The first-order valence-corrected chi connectivity index (χ1v) is 6.89. The molecule has 0 spiro atoms. The molecule has 2 aliphatic rings. The van der Waals surface area contributed by atoms with Gasteiger partial charge in [0.2, 0.25) is 0 Å². The highest BCUT2D eigenvalue weighted by Crippen LogP contribution is 2.25. The second kappa shape index (κ2) is 5.10. The normalized spacial score (nSPS) is 20.6. The van der Waals surface area contributed by atoms with E-state index >= 15 is 0 Å². The lowest BCUT2D eigenvalue weighted by atomic mass is 10.3. The zero-order valence-corrected chi connectivity index (χ0v) is 10.9. The summed E-state index contributed by atoms with van der Waals surface area (Å²) < 4.78 is 0. The number of nitrogens with one attached hydrogen (secondary N) is 2. The molecule has 1 aromatic heterocycles. The smallest absolute Gasteiger partial charge is 0.134 e. The first kappa shape index (κ1) is 11.7. The molecular formula is C13H21N5. The molecule has 0 radical (unpaired) electrons. The Labute approximate surface area is 108 Å². The van der Waals surface area contributed by atoms with Crippen LogP contribution in [0.3, 0.4) is 0 Å². The van der Waals surface area contributed by atoms with Gasteiger partial charge < -0.3 is 15.5 Å². The van der Waals surface area contributed by atoms with Crippen LogP contribution in [-0.2, 0) is 0 Å². The van der Waals surface area contributed by atoms with Crippen molar-refractivity contribution in [3.05, 3.63) is 11.9 Å². The monoisotopic (exact) mass is 247 g/mol. The summed E-state index contributed by atoms with van der Waals surface area (Å²) in [5.74, 6) is 2.90. The van der Waals surface area contributed by atoms with E-state index in [9.17, 15) is 0 Å². The summed E-state index contributed by atoms with van der Waals surface area (Å²) in [5.41, 5.74) is 0. The SMILES string of the molecule is Cc1nc(NC2CC2)cc(N2CCCNCC2)n1. The number of hydrogen-bond donors (Lipinski definition) is 2. The molecule has 2 N–H and O–H groups in total. The maximum Gasteiger partial charge on any atom is 0.134 e. The summed E-state index contributed by atoms with van der Waals surface area (Å²) in [7, 11) is 0. The van der Waals surface area contributed by atoms with Crippen molar-refractivity contribution in [2.24, 2.45) is 0 Å². The Kier molecular flexibility index (Phi) is 3.32. The average Bonchev–Trinajstić information content (AvgIpc) is 3.13. The van der Waals surface area contributed by atoms with Gasteiger partial charge in [0.1, 0.15) is 17.5 Å². The van der Waals surface area contributed by atoms with Crippen LogP contribution in [0.4, 0.5) is 11.6 Å². The molecular weight excluding hydrogens is 226 g/mol. The summed E-state index contributed by atoms with van der Waals surface area (Å²) in [6, 6.07) is 2.73. The van der Waals surface area contributed by atoms with Crippen molar-refractivity contribution in [1.29, 1.82) is 0 Å². The van der Waals surface area contributed by atoms with Crippen LogP contribution in [-0.4, -0.2) is 42.2 Å². The van der Waals surface area contributed by atoms with Crippen LogP contribution in [0, 0.1) is 6.92 Å². The van der Waals surface area contributed by atoms with E-state index in [1.807, 2.05) is 6.92 Å². The second-order valence-electron chi connectivity index (χ2n) is 5.17. The number of aryl methyl sites for hydroxylation is 1. The quantitative estimate of drug-likeness (QED) is 0.839. The molecule has 1 aliphatic carbocycles. The Morgan fingerprint density at radius 3 is 3.00 bits per heavy atom. The maximum absolute atomic E-state index is 4.57. The number of nitrogens with zero attached hydrogens (tertiary/aromatic N) is 3. The molecule has 2 fully saturated rings. The molecule has 5 heteroatoms. The van der Waals surface area contributed by atoms with Crippen molar-refractivity contribution in [3.63, 3.8) is 0 Å². The van der Waals surface area contributed by atoms with Gasteiger partial charge >= 0.3 is 0 Å². The van der Waals surface area contributed by atoms with Gasteiger partial charge in [0.05, 0.1) is 0 Å². The van der Waals surface area contributed by atoms with Gasteiger partial charge in [-0.05, 0) is 32.7 Å². The van der Waals surface area contributed by atoms with Crippen LogP contribution >= 0.6 is 0 Å². The van der Waals surface area contributed by atoms with Crippen LogP contribution in [0.2, 0.25) is 0 Å². The lowest BCUT2D eigenvalue weighted by molar-refractivity contribution is 0.724. The van der Waals surface area contributed by atoms with Gasteiger partial charge in [0, 0.05) is 31.7 Å². The van der Waals surface area contributed by atoms with Crippen LogP contribution in [0.15, 0.2) is 6.07 Å². The Balaban J connectivity index is 1.78. The standard InChI is InChI=1S/C13H21N5/c1-10-15-12(17-11-3-4-11)9-13(16-10)18-7-2-5-14-6-8-18/h9,11,14H,2-8H2,1H3,(H,15,16,17). The third-order valence-electron chi connectivity index (χ3n) is 3.42. The summed E-state index contributed by atoms with van der Waals surface area (Å²) >= 11 is 0. The molecule has 2 heterocycles. The van der Waals surface area contributed by atoms with Crippen molar-refractivity contribution in [1.82, 2.24) is 15.3 Å². The predicted octanol–water partition coefficient (Wildman–Crippen LogP) is 1.16. The van der Waals surface area contributed by atoms with E-state index in [0.29, 0.717) is 6.04 Å². The first-order chi connectivity index (χ1) is 8.81. The van der Waals surface area contributed by atoms with Crippen molar-refractivity contribution < 1.29 is 0 Å². The number of aromatic nitrogens is 2. The molecule has 0 amide bonds.